The molecule has 0 heterocycles. The Bertz CT molecular complexity index is 425. The zero-order chi connectivity index (χ0) is 15.9. The molecule has 1 atom stereocenters. The van der Waals surface area contributed by atoms with E-state index in [0.29, 0.717) is 12.6 Å². The van der Waals surface area contributed by atoms with Gasteiger partial charge < -0.3 is 15.2 Å². The van der Waals surface area contributed by atoms with E-state index >= 15 is 0 Å². The predicted molar refractivity (Wildman–Crippen MR) is 89.0 cm³/mol. The Labute approximate surface area is 129 Å². The topological polar surface area (TPSA) is 41.5 Å². The smallest absolute Gasteiger partial charge is 0.122 e. The Hall–Kier alpha value is -1.06. The summed E-state index contributed by atoms with van der Waals surface area (Å²) in [7, 11) is 0. The van der Waals surface area contributed by atoms with Gasteiger partial charge in [-0.15, -0.1) is 0 Å². The molecule has 0 saturated carbocycles. The molecular formula is C18H31NO2. The summed E-state index contributed by atoms with van der Waals surface area (Å²) in [5.74, 6) is 0.962. The van der Waals surface area contributed by atoms with Gasteiger partial charge in [-0.1, -0.05) is 38.5 Å². The number of aryl methyl sites for hydroxylation is 2. The first-order chi connectivity index (χ1) is 9.92. The Morgan fingerprint density at radius 2 is 2.00 bits per heavy atom. The molecule has 120 valence electrons. The average Bonchev–Trinajstić information content (AvgIpc) is 2.43. The van der Waals surface area contributed by atoms with E-state index in [2.05, 4.69) is 52.1 Å². The molecule has 0 aliphatic carbocycles. The monoisotopic (exact) mass is 293 g/mol. The van der Waals surface area contributed by atoms with Crippen LogP contribution in [0, 0.1) is 13.8 Å². The quantitative estimate of drug-likeness (QED) is 0.684. The van der Waals surface area contributed by atoms with Crippen molar-refractivity contribution in [2.24, 2.45) is 0 Å². The molecule has 1 rings (SSSR count). The van der Waals surface area contributed by atoms with Crippen LogP contribution in [0.2, 0.25) is 0 Å². The molecule has 0 aromatic heterocycles. The van der Waals surface area contributed by atoms with Crippen LogP contribution in [0.15, 0.2) is 18.2 Å². The fourth-order valence-electron chi connectivity index (χ4n) is 2.75. The summed E-state index contributed by atoms with van der Waals surface area (Å²) in [4.78, 5) is 0. The maximum Gasteiger partial charge on any atom is 0.122 e. The third-order valence-electron chi connectivity index (χ3n) is 3.96. The number of aliphatic hydroxyl groups is 1. The van der Waals surface area contributed by atoms with Gasteiger partial charge in [-0.25, -0.2) is 0 Å². The number of benzene rings is 1. The van der Waals surface area contributed by atoms with E-state index in [4.69, 9.17) is 4.74 Å². The third kappa shape index (κ3) is 5.68. The van der Waals surface area contributed by atoms with Gasteiger partial charge in [-0.2, -0.15) is 0 Å². The molecule has 0 amide bonds. The van der Waals surface area contributed by atoms with Gasteiger partial charge in [0.25, 0.3) is 0 Å². The van der Waals surface area contributed by atoms with E-state index in [0.717, 1.165) is 25.0 Å². The van der Waals surface area contributed by atoms with Crippen molar-refractivity contribution in [1.29, 1.82) is 0 Å². The minimum absolute atomic E-state index is 0.172. The van der Waals surface area contributed by atoms with Crippen LogP contribution in [-0.4, -0.2) is 29.9 Å². The van der Waals surface area contributed by atoms with Gasteiger partial charge in [-0.05, 0) is 44.7 Å². The number of rotatable bonds is 9. The van der Waals surface area contributed by atoms with E-state index in [1.165, 1.54) is 11.1 Å². The number of hydrogen-bond donors (Lipinski definition) is 2. The summed E-state index contributed by atoms with van der Waals surface area (Å²) < 4.78 is 5.87. The van der Waals surface area contributed by atoms with Crippen molar-refractivity contribution in [2.45, 2.75) is 65.5 Å². The molecular weight excluding hydrogens is 262 g/mol. The number of ether oxygens (including phenoxy) is 1. The van der Waals surface area contributed by atoms with Gasteiger partial charge in [0, 0.05) is 11.6 Å². The molecule has 0 bridgehead atoms. The fraction of sp³-hybridized carbons (Fsp3) is 0.667. The second kappa shape index (κ2) is 8.40. The highest BCUT2D eigenvalue weighted by Crippen LogP contribution is 2.21. The Kier molecular flexibility index (Phi) is 7.20. The van der Waals surface area contributed by atoms with Crippen LogP contribution in [0.25, 0.3) is 0 Å². The van der Waals surface area contributed by atoms with Gasteiger partial charge in [0.15, 0.2) is 0 Å². The minimum atomic E-state index is -0.181. The average molecular weight is 293 g/mol. The lowest BCUT2D eigenvalue weighted by Crippen LogP contribution is -2.51. The molecule has 0 aliphatic heterocycles. The predicted octanol–water partition coefficient (Wildman–Crippen LogP) is 3.60. The molecule has 0 fully saturated rings. The zero-order valence-corrected chi connectivity index (χ0v) is 14.2. The van der Waals surface area contributed by atoms with Crippen LogP contribution in [0.1, 0.15) is 51.2 Å². The highest BCUT2D eigenvalue weighted by atomic mass is 16.5. The highest BCUT2D eigenvalue weighted by Gasteiger charge is 2.27. The van der Waals surface area contributed by atoms with Gasteiger partial charge in [-0.3, -0.25) is 0 Å². The van der Waals surface area contributed by atoms with Crippen LogP contribution < -0.4 is 10.1 Å². The van der Waals surface area contributed by atoms with Gasteiger partial charge in [0.2, 0.25) is 0 Å². The highest BCUT2D eigenvalue weighted by molar-refractivity contribution is 5.35. The standard InChI is InChI=1S/C18H31NO2/c1-6-18(13-20,19-14(2)3)10-7-11-21-17-9-8-15(4)12-16(17)5/h8-9,12,14,19-20H,6-7,10-11,13H2,1-5H3. The molecule has 3 nitrogen and oxygen atoms in total. The van der Waals surface area contributed by atoms with E-state index in [9.17, 15) is 5.11 Å². The van der Waals surface area contributed by atoms with Crippen LogP contribution in [0.3, 0.4) is 0 Å². The second-order valence-electron chi connectivity index (χ2n) is 6.31. The molecule has 0 saturated heterocycles. The maximum absolute atomic E-state index is 9.71. The van der Waals surface area contributed by atoms with Crippen LogP contribution >= 0.6 is 0 Å². The Morgan fingerprint density at radius 3 is 2.52 bits per heavy atom. The minimum Gasteiger partial charge on any atom is -0.493 e. The number of nitrogens with one attached hydrogen (secondary N) is 1. The molecule has 0 radical (unpaired) electrons. The molecule has 21 heavy (non-hydrogen) atoms. The van der Waals surface area contributed by atoms with Crippen molar-refractivity contribution < 1.29 is 9.84 Å². The summed E-state index contributed by atoms with van der Waals surface area (Å²) >= 11 is 0. The van der Waals surface area contributed by atoms with Gasteiger partial charge >= 0.3 is 0 Å². The van der Waals surface area contributed by atoms with E-state index < -0.39 is 0 Å². The largest absolute Gasteiger partial charge is 0.493 e. The van der Waals surface area contributed by atoms with Crippen LogP contribution in [0.4, 0.5) is 0 Å². The van der Waals surface area contributed by atoms with Crippen molar-refractivity contribution in [3.05, 3.63) is 29.3 Å². The van der Waals surface area contributed by atoms with Gasteiger partial charge in [0.05, 0.1) is 13.2 Å². The molecule has 0 aliphatic rings. The van der Waals surface area contributed by atoms with E-state index in [1.54, 1.807) is 0 Å². The molecule has 2 N–H and O–H groups in total. The summed E-state index contributed by atoms with van der Waals surface area (Å²) in [5, 5.41) is 13.2. The summed E-state index contributed by atoms with van der Waals surface area (Å²) in [6.07, 6.45) is 2.77. The first-order valence-electron chi connectivity index (χ1n) is 8.01. The molecule has 1 aromatic rings. The van der Waals surface area contributed by atoms with Crippen LogP contribution in [0.5, 0.6) is 5.75 Å². The lowest BCUT2D eigenvalue weighted by molar-refractivity contribution is 0.129. The van der Waals surface area contributed by atoms with E-state index in [1.807, 2.05) is 6.07 Å². The van der Waals surface area contributed by atoms with Crippen LogP contribution in [-0.2, 0) is 0 Å². The summed E-state index contributed by atoms with van der Waals surface area (Å²) in [5.41, 5.74) is 2.25. The maximum atomic E-state index is 9.71. The third-order valence-corrected chi connectivity index (χ3v) is 3.96. The first kappa shape index (κ1) is 18.0. The van der Waals surface area contributed by atoms with Crippen molar-refractivity contribution in [3.8, 4) is 5.75 Å². The van der Waals surface area contributed by atoms with E-state index in [-0.39, 0.29) is 12.1 Å². The Balaban J connectivity index is 2.47. The van der Waals surface area contributed by atoms with Crippen molar-refractivity contribution in [2.75, 3.05) is 13.2 Å². The molecule has 1 aromatic carbocycles. The van der Waals surface area contributed by atoms with Crippen molar-refractivity contribution in [1.82, 2.24) is 5.32 Å². The number of hydrogen-bond acceptors (Lipinski definition) is 3. The number of aliphatic hydroxyl groups excluding tert-OH is 1. The summed E-state index contributed by atoms with van der Waals surface area (Å²) in [6, 6.07) is 6.63. The normalized spacial score (nSPS) is 14.2. The fourth-order valence-corrected chi connectivity index (χ4v) is 2.75. The van der Waals surface area contributed by atoms with Crippen molar-refractivity contribution >= 4 is 0 Å². The molecule has 1 unspecified atom stereocenters. The molecule has 3 heteroatoms. The zero-order valence-electron chi connectivity index (χ0n) is 14.2. The SMILES string of the molecule is CCC(CO)(CCCOc1ccc(C)cc1C)NC(C)C. The Morgan fingerprint density at radius 1 is 1.29 bits per heavy atom. The summed E-state index contributed by atoms with van der Waals surface area (Å²) in [6.45, 7) is 11.4. The molecule has 0 spiro atoms. The van der Waals surface area contributed by atoms with Gasteiger partial charge in [0.1, 0.15) is 5.75 Å². The lowest BCUT2D eigenvalue weighted by atomic mass is 9.90. The second-order valence-corrected chi connectivity index (χ2v) is 6.31. The lowest BCUT2D eigenvalue weighted by Gasteiger charge is -2.34. The first-order valence-corrected chi connectivity index (χ1v) is 8.01. The van der Waals surface area contributed by atoms with Crippen molar-refractivity contribution in [3.63, 3.8) is 0 Å².